The number of nitrogens with one attached hydrogen (secondary N) is 1. The molecule has 4 aromatic rings. The fourth-order valence-electron chi connectivity index (χ4n) is 4.75. The maximum absolute atomic E-state index is 14.0. The molecule has 0 unspecified atom stereocenters. The van der Waals surface area contributed by atoms with Gasteiger partial charge >= 0.3 is 12.4 Å². The van der Waals surface area contributed by atoms with Crippen LogP contribution in [-0.2, 0) is 19.5 Å². The fraction of sp³-hybridized carbons (Fsp3) is 0.214. The van der Waals surface area contributed by atoms with Crippen molar-refractivity contribution in [2.24, 2.45) is 0 Å². The summed E-state index contributed by atoms with van der Waals surface area (Å²) >= 11 is 5.92. The topological polar surface area (TPSA) is 59.4 Å². The molecule has 0 atom stereocenters. The van der Waals surface area contributed by atoms with E-state index in [0.29, 0.717) is 42.7 Å². The van der Waals surface area contributed by atoms with E-state index in [-0.39, 0.29) is 22.8 Å². The molecule has 12 heteroatoms. The van der Waals surface area contributed by atoms with Gasteiger partial charge < -0.3 is 10.1 Å². The Bertz CT molecular complexity index is 1600. The van der Waals surface area contributed by atoms with Crippen LogP contribution in [0.2, 0.25) is 5.15 Å². The number of nitrogens with zero attached hydrogens (tertiary/aromatic N) is 3. The Morgan fingerprint density at radius 1 is 1.12 bits per heavy atom. The summed E-state index contributed by atoms with van der Waals surface area (Å²) < 4.78 is 71.4. The largest absolute Gasteiger partial charge is 0.573 e. The maximum Gasteiger partial charge on any atom is 0.573 e. The number of amides is 1. The molecule has 6 nitrogen and oxygen atoms in total. The molecule has 1 N–H and O–H groups in total. The molecule has 1 aliphatic heterocycles. The van der Waals surface area contributed by atoms with Crippen LogP contribution in [0.3, 0.4) is 0 Å². The first-order valence-electron chi connectivity index (χ1n) is 12.2. The second-order valence-electron chi connectivity index (χ2n) is 9.19. The number of hydrogen-bond donors (Lipinski definition) is 1. The van der Waals surface area contributed by atoms with E-state index in [4.69, 9.17) is 11.6 Å². The molecule has 0 radical (unpaired) electrons. The third-order valence-electron chi connectivity index (χ3n) is 6.49. The van der Waals surface area contributed by atoms with Gasteiger partial charge in [-0.15, -0.1) is 13.2 Å². The van der Waals surface area contributed by atoms with Crippen LogP contribution < -0.4 is 10.1 Å². The van der Waals surface area contributed by atoms with Crippen molar-refractivity contribution in [2.45, 2.75) is 25.9 Å². The maximum atomic E-state index is 14.0. The molecule has 40 heavy (non-hydrogen) atoms. The zero-order valence-corrected chi connectivity index (χ0v) is 21.6. The standard InChI is InChI=1S/C28H22ClF5N4O2/c29-26-12-17(7-9-35-26)15-36-27(39)38-24-8-11-37(10-1-2-18-3-4-19(30)13-23(18)31)16-22(24)21-6-5-20(14-25(21)38)40-28(32,33)34/h1-7,9,12-14H,8,10-11,15-16H2,(H,36,39). The molecule has 1 aliphatic rings. The molecular weight excluding hydrogens is 555 g/mol. The lowest BCUT2D eigenvalue weighted by molar-refractivity contribution is -0.274. The first-order chi connectivity index (χ1) is 19.1. The Balaban J connectivity index is 1.42. The van der Waals surface area contributed by atoms with E-state index < -0.39 is 29.8 Å². The molecule has 2 aromatic carbocycles. The third kappa shape index (κ3) is 6.26. The number of aromatic nitrogens is 2. The predicted octanol–water partition coefficient (Wildman–Crippen LogP) is 6.70. The zero-order chi connectivity index (χ0) is 28.4. The van der Waals surface area contributed by atoms with E-state index in [9.17, 15) is 26.7 Å². The number of halogens is 6. The first-order valence-corrected chi connectivity index (χ1v) is 12.6. The number of ether oxygens (including phenoxy) is 1. The summed E-state index contributed by atoms with van der Waals surface area (Å²) in [5.41, 5.74) is 2.70. The normalized spacial score (nSPS) is 14.1. The summed E-state index contributed by atoms with van der Waals surface area (Å²) in [6, 6.07) is 10.0. The average molecular weight is 577 g/mol. The van der Waals surface area contributed by atoms with Crippen LogP contribution in [0.25, 0.3) is 17.0 Å². The monoisotopic (exact) mass is 576 g/mol. The Hall–Kier alpha value is -3.96. The van der Waals surface area contributed by atoms with Gasteiger partial charge in [0.1, 0.15) is 22.5 Å². The fourth-order valence-corrected chi connectivity index (χ4v) is 4.95. The van der Waals surface area contributed by atoms with Crippen molar-refractivity contribution >= 4 is 34.6 Å². The van der Waals surface area contributed by atoms with Gasteiger partial charge in [-0.05, 0) is 47.5 Å². The van der Waals surface area contributed by atoms with Gasteiger partial charge in [0.25, 0.3) is 0 Å². The molecule has 0 bridgehead atoms. The van der Waals surface area contributed by atoms with Gasteiger partial charge in [-0.1, -0.05) is 23.8 Å². The molecule has 1 amide bonds. The highest BCUT2D eigenvalue weighted by Crippen LogP contribution is 2.34. The van der Waals surface area contributed by atoms with Gasteiger partial charge in [-0.2, -0.15) is 0 Å². The average Bonchev–Trinajstić information content (AvgIpc) is 3.20. The van der Waals surface area contributed by atoms with Crippen molar-refractivity contribution < 1.29 is 31.5 Å². The second kappa shape index (κ2) is 11.3. The van der Waals surface area contributed by atoms with Crippen molar-refractivity contribution in [3.63, 3.8) is 0 Å². The Morgan fingerprint density at radius 2 is 1.95 bits per heavy atom. The van der Waals surface area contributed by atoms with Crippen molar-refractivity contribution in [3.8, 4) is 5.75 Å². The summed E-state index contributed by atoms with van der Waals surface area (Å²) in [7, 11) is 0. The molecule has 0 fully saturated rings. The summed E-state index contributed by atoms with van der Waals surface area (Å²) in [4.78, 5) is 19.3. The SMILES string of the molecule is O=C(NCc1ccnc(Cl)c1)n1c2c(c3ccc(OC(F)(F)F)cc31)CN(CC=Cc1ccc(F)cc1F)CC2. The van der Waals surface area contributed by atoms with Crippen molar-refractivity contribution in [1.82, 2.24) is 19.8 Å². The highest BCUT2D eigenvalue weighted by atomic mass is 35.5. The number of benzene rings is 2. The number of carbonyl (C=O) groups is 1. The van der Waals surface area contributed by atoms with Gasteiger partial charge in [0, 0.05) is 67.6 Å². The van der Waals surface area contributed by atoms with E-state index in [0.717, 1.165) is 11.6 Å². The lowest BCUT2D eigenvalue weighted by Gasteiger charge is -2.27. The number of fused-ring (bicyclic) bond motifs is 3. The van der Waals surface area contributed by atoms with Gasteiger partial charge in [0.05, 0.1) is 5.52 Å². The van der Waals surface area contributed by atoms with Crippen LogP contribution in [0.4, 0.5) is 26.7 Å². The summed E-state index contributed by atoms with van der Waals surface area (Å²) in [6.45, 7) is 1.51. The molecular formula is C28H22ClF5N4O2. The van der Waals surface area contributed by atoms with Crippen LogP contribution in [0, 0.1) is 11.6 Å². The lowest BCUT2D eigenvalue weighted by atomic mass is 10.0. The van der Waals surface area contributed by atoms with Gasteiger partial charge in [0.15, 0.2) is 0 Å². The highest BCUT2D eigenvalue weighted by Gasteiger charge is 2.32. The lowest BCUT2D eigenvalue weighted by Crippen LogP contribution is -2.34. The molecule has 0 saturated heterocycles. The Labute approximate surface area is 230 Å². The Morgan fingerprint density at radius 3 is 2.70 bits per heavy atom. The van der Waals surface area contributed by atoms with Crippen LogP contribution in [-0.4, -0.2) is 39.9 Å². The third-order valence-corrected chi connectivity index (χ3v) is 6.70. The van der Waals surface area contributed by atoms with Crippen LogP contribution in [0.1, 0.15) is 22.4 Å². The molecule has 0 saturated carbocycles. The minimum absolute atomic E-state index is 0.130. The van der Waals surface area contributed by atoms with Gasteiger partial charge in [0.2, 0.25) is 0 Å². The molecule has 3 heterocycles. The van der Waals surface area contributed by atoms with Crippen LogP contribution in [0.5, 0.6) is 5.75 Å². The quantitative estimate of drug-likeness (QED) is 0.205. The number of carbonyl (C=O) groups excluding carboxylic acids is 1. The van der Waals surface area contributed by atoms with Crippen LogP contribution in [0.15, 0.2) is 60.8 Å². The van der Waals surface area contributed by atoms with Crippen molar-refractivity contribution in [1.29, 1.82) is 0 Å². The minimum Gasteiger partial charge on any atom is -0.406 e. The summed E-state index contributed by atoms with van der Waals surface area (Å²) in [6.07, 6.45) is 0.369. The van der Waals surface area contributed by atoms with Crippen molar-refractivity contribution in [2.75, 3.05) is 13.1 Å². The Kier molecular flexibility index (Phi) is 7.77. The second-order valence-corrected chi connectivity index (χ2v) is 9.57. The van der Waals surface area contributed by atoms with Crippen LogP contribution >= 0.6 is 11.6 Å². The van der Waals surface area contributed by atoms with E-state index in [1.165, 1.54) is 41.1 Å². The van der Waals surface area contributed by atoms with E-state index in [1.54, 1.807) is 24.3 Å². The molecule has 0 spiro atoms. The zero-order valence-electron chi connectivity index (χ0n) is 20.8. The van der Waals surface area contributed by atoms with Crippen molar-refractivity contribution in [3.05, 3.63) is 100.0 Å². The smallest absolute Gasteiger partial charge is 0.406 e. The van der Waals surface area contributed by atoms with E-state index in [2.05, 4.69) is 19.9 Å². The number of hydrogen-bond acceptors (Lipinski definition) is 4. The molecule has 2 aromatic heterocycles. The number of pyridine rings is 1. The van der Waals surface area contributed by atoms with E-state index in [1.807, 2.05) is 0 Å². The highest BCUT2D eigenvalue weighted by molar-refractivity contribution is 6.29. The summed E-state index contributed by atoms with van der Waals surface area (Å²) in [5, 5.41) is 3.68. The predicted molar refractivity (Wildman–Crippen MR) is 140 cm³/mol. The van der Waals surface area contributed by atoms with Gasteiger partial charge in [-0.3, -0.25) is 9.47 Å². The number of rotatable bonds is 6. The van der Waals surface area contributed by atoms with E-state index >= 15 is 0 Å². The van der Waals surface area contributed by atoms with Gasteiger partial charge in [-0.25, -0.2) is 18.6 Å². The molecule has 0 aliphatic carbocycles. The molecule has 5 rings (SSSR count). The number of alkyl halides is 3. The first kappa shape index (κ1) is 27.6. The summed E-state index contributed by atoms with van der Waals surface area (Å²) in [5.74, 6) is -1.77. The molecule has 208 valence electrons. The minimum atomic E-state index is -4.89.